The van der Waals surface area contributed by atoms with Crippen LogP contribution >= 0.6 is 0 Å². The van der Waals surface area contributed by atoms with Gasteiger partial charge in [-0.1, -0.05) is 0 Å². The van der Waals surface area contributed by atoms with Crippen LogP contribution in [0.2, 0.25) is 0 Å². The van der Waals surface area contributed by atoms with Crippen LogP contribution in [0.5, 0.6) is 0 Å². The molecule has 2 fully saturated rings. The van der Waals surface area contributed by atoms with Crippen molar-refractivity contribution in [2.24, 2.45) is 0 Å². The van der Waals surface area contributed by atoms with Crippen molar-refractivity contribution < 1.29 is 4.74 Å². The van der Waals surface area contributed by atoms with Crippen molar-refractivity contribution in [2.75, 3.05) is 53.0 Å². The van der Waals surface area contributed by atoms with Gasteiger partial charge in [-0.3, -0.25) is 9.80 Å². The summed E-state index contributed by atoms with van der Waals surface area (Å²) in [6.45, 7) is 10.6. The molecule has 2 heterocycles. The minimum Gasteiger partial charge on any atom is -0.385 e. The van der Waals surface area contributed by atoms with Gasteiger partial charge in [0.1, 0.15) is 0 Å². The van der Waals surface area contributed by atoms with Crippen LogP contribution < -0.4 is 5.32 Å². The second kappa shape index (κ2) is 8.20. The molecule has 2 unspecified atom stereocenters. The van der Waals surface area contributed by atoms with Crippen molar-refractivity contribution in [1.82, 2.24) is 15.1 Å². The Morgan fingerprint density at radius 2 is 2.05 bits per heavy atom. The van der Waals surface area contributed by atoms with Crippen LogP contribution in [-0.4, -0.2) is 74.9 Å². The van der Waals surface area contributed by atoms with Crippen molar-refractivity contribution in [3.8, 4) is 0 Å². The van der Waals surface area contributed by atoms with E-state index in [1.807, 2.05) is 0 Å². The Balaban J connectivity index is 1.59. The molecule has 2 saturated heterocycles. The van der Waals surface area contributed by atoms with Crippen LogP contribution in [0.3, 0.4) is 0 Å². The molecule has 2 aliphatic heterocycles. The summed E-state index contributed by atoms with van der Waals surface area (Å²) in [6, 6.07) is 1.49. The largest absolute Gasteiger partial charge is 0.385 e. The molecule has 112 valence electrons. The van der Waals surface area contributed by atoms with Crippen molar-refractivity contribution in [3.63, 3.8) is 0 Å². The van der Waals surface area contributed by atoms with Crippen molar-refractivity contribution >= 4 is 0 Å². The van der Waals surface area contributed by atoms with Crippen LogP contribution in [0.4, 0.5) is 0 Å². The lowest BCUT2D eigenvalue weighted by molar-refractivity contribution is 0.189. The minimum absolute atomic E-state index is 0.662. The van der Waals surface area contributed by atoms with Gasteiger partial charge in [-0.25, -0.2) is 0 Å². The molecule has 2 aliphatic rings. The minimum atomic E-state index is 0.662. The van der Waals surface area contributed by atoms with Crippen molar-refractivity contribution in [3.05, 3.63) is 0 Å². The molecule has 0 amide bonds. The molecule has 4 heteroatoms. The van der Waals surface area contributed by atoms with E-state index in [1.165, 1.54) is 45.4 Å². The maximum atomic E-state index is 5.06. The maximum Gasteiger partial charge on any atom is 0.0474 e. The van der Waals surface area contributed by atoms with Crippen LogP contribution in [0, 0.1) is 0 Å². The molecule has 0 spiro atoms. The topological polar surface area (TPSA) is 27.7 Å². The third-order valence-corrected chi connectivity index (χ3v) is 4.62. The van der Waals surface area contributed by atoms with E-state index in [9.17, 15) is 0 Å². The Kier molecular flexibility index (Phi) is 6.57. The molecular weight excluding hydrogens is 238 g/mol. The molecule has 0 aromatic heterocycles. The number of likely N-dealkylation sites (tertiary alicyclic amines) is 2. The third kappa shape index (κ3) is 4.71. The summed E-state index contributed by atoms with van der Waals surface area (Å²) >= 11 is 0. The van der Waals surface area contributed by atoms with E-state index in [2.05, 4.69) is 22.0 Å². The number of hydrogen-bond donors (Lipinski definition) is 1. The zero-order valence-corrected chi connectivity index (χ0v) is 12.7. The molecule has 0 bridgehead atoms. The first-order valence-electron chi connectivity index (χ1n) is 7.99. The Hall–Kier alpha value is -0.160. The quantitative estimate of drug-likeness (QED) is 0.670. The van der Waals surface area contributed by atoms with E-state index >= 15 is 0 Å². The van der Waals surface area contributed by atoms with E-state index in [1.54, 1.807) is 7.11 Å². The van der Waals surface area contributed by atoms with Gasteiger partial charge in [0.25, 0.3) is 0 Å². The molecule has 1 N–H and O–H groups in total. The highest BCUT2D eigenvalue weighted by Gasteiger charge is 2.30. The molecule has 4 nitrogen and oxygen atoms in total. The van der Waals surface area contributed by atoms with Crippen LogP contribution in [-0.2, 0) is 4.74 Å². The van der Waals surface area contributed by atoms with Crippen LogP contribution in [0.15, 0.2) is 0 Å². The standard InChI is InChI=1S/C15H31N3O/c1-14(12-16-7-5-11-19-2)18-10-6-15(13-18)17-8-3-4-9-17/h14-16H,3-13H2,1-2H3. The summed E-state index contributed by atoms with van der Waals surface area (Å²) < 4.78 is 5.06. The summed E-state index contributed by atoms with van der Waals surface area (Å²) in [4.78, 5) is 5.37. The zero-order chi connectivity index (χ0) is 13.5. The van der Waals surface area contributed by atoms with E-state index in [0.29, 0.717) is 6.04 Å². The van der Waals surface area contributed by atoms with E-state index in [-0.39, 0.29) is 0 Å². The molecule has 0 aromatic rings. The molecule has 2 atom stereocenters. The van der Waals surface area contributed by atoms with Crippen LogP contribution in [0.25, 0.3) is 0 Å². The summed E-state index contributed by atoms with van der Waals surface area (Å²) in [5.74, 6) is 0. The van der Waals surface area contributed by atoms with E-state index in [0.717, 1.165) is 32.2 Å². The number of rotatable bonds is 8. The molecule has 0 aliphatic carbocycles. The normalized spacial score (nSPS) is 27.2. The van der Waals surface area contributed by atoms with E-state index in [4.69, 9.17) is 4.74 Å². The monoisotopic (exact) mass is 269 g/mol. The predicted molar refractivity (Wildman–Crippen MR) is 79.6 cm³/mol. The fourth-order valence-electron chi connectivity index (χ4n) is 3.35. The van der Waals surface area contributed by atoms with Gasteiger partial charge >= 0.3 is 0 Å². The highest BCUT2D eigenvalue weighted by atomic mass is 16.5. The van der Waals surface area contributed by atoms with Gasteiger partial charge in [-0.2, -0.15) is 0 Å². The zero-order valence-electron chi connectivity index (χ0n) is 12.7. The highest BCUT2D eigenvalue weighted by Crippen LogP contribution is 2.21. The second-order valence-corrected chi connectivity index (χ2v) is 6.08. The number of methoxy groups -OCH3 is 1. The maximum absolute atomic E-state index is 5.06. The highest BCUT2D eigenvalue weighted by molar-refractivity contribution is 4.88. The van der Waals surface area contributed by atoms with Crippen LogP contribution in [0.1, 0.15) is 32.6 Å². The van der Waals surface area contributed by atoms with Gasteiger partial charge in [0, 0.05) is 45.4 Å². The third-order valence-electron chi connectivity index (χ3n) is 4.62. The molecule has 0 aromatic carbocycles. The first-order valence-corrected chi connectivity index (χ1v) is 7.99. The molecule has 0 saturated carbocycles. The summed E-state index contributed by atoms with van der Waals surface area (Å²) in [7, 11) is 1.77. The van der Waals surface area contributed by atoms with Gasteiger partial charge in [0.2, 0.25) is 0 Å². The number of ether oxygens (including phenoxy) is 1. The number of nitrogens with one attached hydrogen (secondary N) is 1. The Morgan fingerprint density at radius 3 is 2.79 bits per heavy atom. The molecule has 2 rings (SSSR count). The first kappa shape index (κ1) is 15.2. The fraction of sp³-hybridized carbons (Fsp3) is 1.00. The lowest BCUT2D eigenvalue weighted by Gasteiger charge is -2.27. The fourth-order valence-corrected chi connectivity index (χ4v) is 3.35. The molecular formula is C15H31N3O. The van der Waals surface area contributed by atoms with Gasteiger partial charge < -0.3 is 10.1 Å². The number of hydrogen-bond acceptors (Lipinski definition) is 4. The predicted octanol–water partition coefficient (Wildman–Crippen LogP) is 1.17. The average Bonchev–Trinajstić information content (AvgIpc) is 3.08. The summed E-state index contributed by atoms with van der Waals surface area (Å²) in [5, 5.41) is 3.55. The second-order valence-electron chi connectivity index (χ2n) is 6.08. The molecule has 19 heavy (non-hydrogen) atoms. The Labute approximate surface area is 118 Å². The van der Waals surface area contributed by atoms with E-state index < -0.39 is 0 Å². The van der Waals surface area contributed by atoms with Gasteiger partial charge in [-0.15, -0.1) is 0 Å². The Bertz CT molecular complexity index is 244. The average molecular weight is 269 g/mol. The van der Waals surface area contributed by atoms with Gasteiger partial charge in [-0.05, 0) is 52.2 Å². The Morgan fingerprint density at radius 1 is 1.26 bits per heavy atom. The smallest absolute Gasteiger partial charge is 0.0474 e. The lowest BCUT2D eigenvalue weighted by Crippen LogP contribution is -2.42. The number of nitrogens with zero attached hydrogens (tertiary/aromatic N) is 2. The summed E-state index contributed by atoms with van der Waals surface area (Å²) in [6.07, 6.45) is 5.30. The SMILES string of the molecule is COCCCNCC(C)N1CCC(N2CCCC2)C1. The van der Waals surface area contributed by atoms with Crippen molar-refractivity contribution in [2.45, 2.75) is 44.7 Å². The van der Waals surface area contributed by atoms with Gasteiger partial charge in [0.05, 0.1) is 0 Å². The summed E-state index contributed by atoms with van der Waals surface area (Å²) in [5.41, 5.74) is 0. The first-order chi connectivity index (χ1) is 9.31. The lowest BCUT2D eigenvalue weighted by atomic mass is 10.2. The van der Waals surface area contributed by atoms with Gasteiger partial charge in [0.15, 0.2) is 0 Å². The molecule has 0 radical (unpaired) electrons. The van der Waals surface area contributed by atoms with Crippen molar-refractivity contribution in [1.29, 1.82) is 0 Å².